The van der Waals surface area contributed by atoms with Crippen molar-refractivity contribution in [3.8, 4) is 0 Å². The largest absolute Gasteiger partial charge is 0.390 e. The van der Waals surface area contributed by atoms with E-state index < -0.39 is 46.9 Å². The van der Waals surface area contributed by atoms with Gasteiger partial charge in [-0.1, -0.05) is 30.9 Å². The van der Waals surface area contributed by atoms with Crippen molar-refractivity contribution in [1.29, 1.82) is 0 Å². The van der Waals surface area contributed by atoms with Gasteiger partial charge in [0, 0.05) is 18.3 Å². The van der Waals surface area contributed by atoms with Crippen molar-refractivity contribution in [2.24, 2.45) is 11.1 Å². The average molecular weight is 515 g/mol. The summed E-state index contributed by atoms with van der Waals surface area (Å²) in [6, 6.07) is 8.64. The molecule has 12 nitrogen and oxygen atoms in total. The molecular formula is C23H26N6O6S. The molecule has 3 aromatic rings. The number of nitrogens with one attached hydrogen (secondary N) is 1. The summed E-state index contributed by atoms with van der Waals surface area (Å²) < 4.78 is 28.3. The standard InChI is InChI=1S/C23H26N6O6S/c1-2-14-4-3-5-15(8-14)11-29-7-6-18(28-29)21(31)17-10-25-13-26-23(17)27-19-9-16(20(30)22(19)32)12-35-36(24,33)34/h2-8,10,13,16,19-20,22,30,32H,1,9,11-12H2,(H2,24,33,34)(H,25,26,27). The van der Waals surface area contributed by atoms with Crippen LogP contribution < -0.4 is 10.5 Å². The molecule has 0 aliphatic heterocycles. The van der Waals surface area contributed by atoms with Crippen LogP contribution in [0.4, 0.5) is 5.82 Å². The molecule has 4 rings (SSSR count). The molecule has 2 heterocycles. The van der Waals surface area contributed by atoms with Gasteiger partial charge in [0.2, 0.25) is 5.78 Å². The first-order valence-corrected chi connectivity index (χ1v) is 12.5. The van der Waals surface area contributed by atoms with E-state index in [-0.39, 0.29) is 23.5 Å². The Morgan fingerprint density at radius 3 is 2.86 bits per heavy atom. The van der Waals surface area contributed by atoms with Gasteiger partial charge in [-0.05, 0) is 29.7 Å². The molecule has 5 N–H and O–H groups in total. The molecule has 2 aromatic heterocycles. The Labute approximate surface area is 207 Å². The zero-order chi connectivity index (χ0) is 25.9. The van der Waals surface area contributed by atoms with Gasteiger partial charge in [-0.3, -0.25) is 13.7 Å². The fraction of sp³-hybridized carbons (Fsp3) is 0.304. The van der Waals surface area contributed by atoms with Crippen molar-refractivity contribution in [1.82, 2.24) is 19.7 Å². The van der Waals surface area contributed by atoms with Gasteiger partial charge >= 0.3 is 10.3 Å². The Bertz CT molecular complexity index is 1360. The summed E-state index contributed by atoms with van der Waals surface area (Å²) >= 11 is 0. The summed E-state index contributed by atoms with van der Waals surface area (Å²) in [6.45, 7) is 3.83. The van der Waals surface area contributed by atoms with Gasteiger partial charge < -0.3 is 15.5 Å². The van der Waals surface area contributed by atoms with Crippen LogP contribution in [-0.2, 0) is 21.0 Å². The number of anilines is 1. The van der Waals surface area contributed by atoms with Gasteiger partial charge in [-0.15, -0.1) is 0 Å². The number of carbonyl (C=O) groups excluding carboxylic acids is 1. The monoisotopic (exact) mass is 514 g/mol. The number of ketones is 1. The van der Waals surface area contributed by atoms with Gasteiger partial charge in [0.25, 0.3) is 0 Å². The normalized spacial score (nSPS) is 21.9. The third kappa shape index (κ3) is 6.01. The topological polar surface area (TPSA) is 183 Å². The highest BCUT2D eigenvalue weighted by molar-refractivity contribution is 7.84. The van der Waals surface area contributed by atoms with Crippen molar-refractivity contribution < 1.29 is 27.6 Å². The molecule has 13 heteroatoms. The summed E-state index contributed by atoms with van der Waals surface area (Å²) in [4.78, 5) is 21.3. The third-order valence-corrected chi connectivity index (χ3v) is 6.40. The Hall–Kier alpha value is -3.49. The summed E-state index contributed by atoms with van der Waals surface area (Å²) in [5, 5.41) is 32.9. The van der Waals surface area contributed by atoms with Crippen LogP contribution in [0.3, 0.4) is 0 Å². The lowest BCUT2D eigenvalue weighted by Gasteiger charge is -2.19. The average Bonchev–Trinajstić information content (AvgIpc) is 3.42. The van der Waals surface area contributed by atoms with Gasteiger partial charge in [-0.2, -0.15) is 13.5 Å². The van der Waals surface area contributed by atoms with Crippen molar-refractivity contribution in [2.45, 2.75) is 31.2 Å². The first-order valence-electron chi connectivity index (χ1n) is 11.0. The van der Waals surface area contributed by atoms with Crippen LogP contribution in [0.1, 0.15) is 33.6 Å². The lowest BCUT2D eigenvalue weighted by Crippen LogP contribution is -2.36. The van der Waals surface area contributed by atoms with Crippen molar-refractivity contribution in [3.63, 3.8) is 0 Å². The summed E-state index contributed by atoms with van der Waals surface area (Å²) in [5.41, 5.74) is 2.28. The van der Waals surface area contributed by atoms with Crippen LogP contribution in [0.2, 0.25) is 0 Å². The third-order valence-electron chi connectivity index (χ3n) is 5.93. The molecule has 1 aliphatic rings. The molecular weight excluding hydrogens is 488 g/mol. The fourth-order valence-electron chi connectivity index (χ4n) is 4.12. The predicted molar refractivity (Wildman–Crippen MR) is 130 cm³/mol. The number of aromatic nitrogens is 4. The highest BCUT2D eigenvalue weighted by atomic mass is 32.2. The second-order valence-electron chi connectivity index (χ2n) is 8.47. The van der Waals surface area contributed by atoms with E-state index in [1.807, 2.05) is 24.3 Å². The minimum Gasteiger partial charge on any atom is -0.390 e. The molecule has 1 saturated carbocycles. The van der Waals surface area contributed by atoms with Crippen molar-refractivity contribution >= 4 is 28.0 Å². The second kappa shape index (κ2) is 10.6. The first-order chi connectivity index (χ1) is 17.1. The van der Waals surface area contributed by atoms with E-state index in [0.29, 0.717) is 6.54 Å². The molecule has 1 aromatic carbocycles. The fourth-order valence-corrected chi connectivity index (χ4v) is 4.48. The van der Waals surface area contributed by atoms with Gasteiger partial charge in [0.05, 0.1) is 30.9 Å². The molecule has 4 atom stereocenters. The van der Waals surface area contributed by atoms with Crippen LogP contribution in [0.5, 0.6) is 0 Å². The highest BCUT2D eigenvalue weighted by Gasteiger charge is 2.42. The minimum atomic E-state index is -4.19. The Morgan fingerprint density at radius 1 is 1.31 bits per heavy atom. The lowest BCUT2D eigenvalue weighted by atomic mass is 10.1. The van der Waals surface area contributed by atoms with E-state index in [1.54, 1.807) is 23.0 Å². The maximum atomic E-state index is 13.2. The molecule has 36 heavy (non-hydrogen) atoms. The number of hydrogen-bond donors (Lipinski definition) is 4. The molecule has 0 saturated heterocycles. The molecule has 190 valence electrons. The molecule has 1 aliphatic carbocycles. The molecule has 0 bridgehead atoms. The van der Waals surface area contributed by atoms with Crippen LogP contribution in [-0.4, -0.2) is 69.0 Å². The maximum Gasteiger partial charge on any atom is 0.333 e. The van der Waals surface area contributed by atoms with Gasteiger partial charge in [0.1, 0.15) is 23.9 Å². The zero-order valence-electron chi connectivity index (χ0n) is 19.1. The number of rotatable bonds is 10. The number of benzene rings is 1. The quantitative estimate of drug-likeness (QED) is 0.275. The maximum absolute atomic E-state index is 13.2. The zero-order valence-corrected chi connectivity index (χ0v) is 20.0. The second-order valence-corrected chi connectivity index (χ2v) is 9.69. The number of aliphatic hydroxyl groups excluding tert-OH is 2. The van der Waals surface area contributed by atoms with Crippen LogP contribution in [0, 0.1) is 5.92 Å². The number of aliphatic hydroxyl groups is 2. The molecule has 4 unspecified atom stereocenters. The van der Waals surface area contributed by atoms with Crippen molar-refractivity contribution in [2.75, 3.05) is 11.9 Å². The highest BCUT2D eigenvalue weighted by Crippen LogP contribution is 2.30. The van der Waals surface area contributed by atoms with Crippen LogP contribution in [0.25, 0.3) is 6.08 Å². The Morgan fingerprint density at radius 2 is 2.11 bits per heavy atom. The number of nitrogens with zero attached hydrogens (tertiary/aromatic N) is 4. The van der Waals surface area contributed by atoms with Crippen LogP contribution in [0.15, 0.2) is 55.6 Å². The smallest absolute Gasteiger partial charge is 0.333 e. The summed E-state index contributed by atoms with van der Waals surface area (Å²) in [7, 11) is -4.19. The Balaban J connectivity index is 1.47. The summed E-state index contributed by atoms with van der Waals surface area (Å²) in [5.74, 6) is -0.988. The van der Waals surface area contributed by atoms with E-state index in [0.717, 1.165) is 11.1 Å². The number of carbonyl (C=O) groups is 1. The predicted octanol–water partition coefficient (Wildman–Crippen LogP) is 0.338. The molecule has 0 spiro atoms. The number of hydrogen-bond acceptors (Lipinski definition) is 10. The summed E-state index contributed by atoms with van der Waals surface area (Å²) in [6.07, 6.45) is 3.64. The SMILES string of the molecule is C=Cc1cccc(Cn2ccc(C(=O)c3cncnc3NC3CC(COS(N)(=O)=O)C(O)C3O)n2)c1. The lowest BCUT2D eigenvalue weighted by molar-refractivity contribution is 0.00778. The Kier molecular flexibility index (Phi) is 7.56. The van der Waals surface area contributed by atoms with Gasteiger partial charge in [0.15, 0.2) is 0 Å². The van der Waals surface area contributed by atoms with Crippen molar-refractivity contribution in [3.05, 3.63) is 78.0 Å². The van der Waals surface area contributed by atoms with E-state index in [1.165, 1.54) is 12.5 Å². The van der Waals surface area contributed by atoms with Crippen LogP contribution >= 0.6 is 0 Å². The minimum absolute atomic E-state index is 0.127. The van der Waals surface area contributed by atoms with E-state index >= 15 is 0 Å². The van der Waals surface area contributed by atoms with E-state index in [4.69, 9.17) is 5.14 Å². The number of nitrogens with two attached hydrogens (primary N) is 1. The van der Waals surface area contributed by atoms with E-state index in [2.05, 4.69) is 31.1 Å². The molecule has 0 radical (unpaired) electrons. The molecule has 0 amide bonds. The van der Waals surface area contributed by atoms with Gasteiger partial charge in [-0.25, -0.2) is 15.1 Å². The van der Waals surface area contributed by atoms with E-state index in [9.17, 15) is 23.4 Å². The molecule has 1 fully saturated rings. The first kappa shape index (κ1) is 25.6.